The molecule has 0 saturated heterocycles. The maximum absolute atomic E-state index is 4.35. The van der Waals surface area contributed by atoms with E-state index in [9.17, 15) is 0 Å². The molecule has 0 saturated carbocycles. The highest BCUT2D eigenvalue weighted by molar-refractivity contribution is 7.10. The first-order chi connectivity index (χ1) is 7.88. The molecule has 3 rings (SSSR count). The van der Waals surface area contributed by atoms with Gasteiger partial charge in [0, 0.05) is 29.7 Å². The lowest BCUT2D eigenvalue weighted by atomic mass is 9.98. The van der Waals surface area contributed by atoms with Crippen LogP contribution >= 0.6 is 11.3 Å². The smallest absolute Gasteiger partial charge is 0.0618 e. The van der Waals surface area contributed by atoms with Crippen LogP contribution in [-0.4, -0.2) is 16.3 Å². The van der Waals surface area contributed by atoms with E-state index in [4.69, 9.17) is 0 Å². The highest BCUT2D eigenvalue weighted by Gasteiger charge is 2.22. The van der Waals surface area contributed by atoms with Gasteiger partial charge < -0.3 is 5.32 Å². The predicted octanol–water partition coefficient (Wildman–Crippen LogP) is 2.20. The van der Waals surface area contributed by atoms with Crippen molar-refractivity contribution in [2.45, 2.75) is 25.9 Å². The van der Waals surface area contributed by atoms with Crippen molar-refractivity contribution in [2.24, 2.45) is 0 Å². The second-order valence-electron chi connectivity index (χ2n) is 4.07. The van der Waals surface area contributed by atoms with Crippen molar-refractivity contribution < 1.29 is 0 Å². The van der Waals surface area contributed by atoms with E-state index in [0.717, 1.165) is 19.5 Å². The zero-order valence-electron chi connectivity index (χ0n) is 9.31. The summed E-state index contributed by atoms with van der Waals surface area (Å²) in [7, 11) is 0. The van der Waals surface area contributed by atoms with Crippen LogP contribution in [0.15, 0.2) is 23.8 Å². The molecule has 1 aliphatic heterocycles. The molecule has 2 aromatic rings. The van der Waals surface area contributed by atoms with Crippen LogP contribution in [0.1, 0.15) is 29.0 Å². The first-order valence-corrected chi connectivity index (χ1v) is 6.58. The topological polar surface area (TPSA) is 29.9 Å². The number of aromatic nitrogens is 2. The average Bonchev–Trinajstić information content (AvgIpc) is 2.97. The number of hydrogen-bond acceptors (Lipinski definition) is 3. The molecule has 3 nitrogen and oxygen atoms in total. The van der Waals surface area contributed by atoms with Gasteiger partial charge in [-0.3, -0.25) is 4.68 Å². The minimum absolute atomic E-state index is 0.343. The van der Waals surface area contributed by atoms with E-state index in [0.29, 0.717) is 6.04 Å². The van der Waals surface area contributed by atoms with Crippen LogP contribution in [-0.2, 0) is 13.0 Å². The predicted molar refractivity (Wildman–Crippen MR) is 65.8 cm³/mol. The van der Waals surface area contributed by atoms with Gasteiger partial charge in [-0.2, -0.15) is 5.10 Å². The molecule has 1 unspecified atom stereocenters. The zero-order chi connectivity index (χ0) is 11.0. The third kappa shape index (κ3) is 1.58. The van der Waals surface area contributed by atoms with Gasteiger partial charge in [0.1, 0.15) is 0 Å². The summed E-state index contributed by atoms with van der Waals surface area (Å²) in [4.78, 5) is 1.52. The van der Waals surface area contributed by atoms with Gasteiger partial charge in [0.25, 0.3) is 0 Å². The van der Waals surface area contributed by atoms with Gasteiger partial charge in [-0.25, -0.2) is 0 Å². The SMILES string of the molecule is CCn1cc(C2NCCc3sccc32)cn1. The van der Waals surface area contributed by atoms with Crippen LogP contribution in [0.2, 0.25) is 0 Å². The van der Waals surface area contributed by atoms with E-state index in [1.165, 1.54) is 16.0 Å². The molecule has 4 heteroatoms. The number of hydrogen-bond donors (Lipinski definition) is 1. The molecule has 0 fully saturated rings. The molecule has 1 atom stereocenters. The molecule has 3 heterocycles. The highest BCUT2D eigenvalue weighted by Crippen LogP contribution is 2.31. The van der Waals surface area contributed by atoms with Crippen molar-refractivity contribution in [3.63, 3.8) is 0 Å². The van der Waals surface area contributed by atoms with Gasteiger partial charge in [0.2, 0.25) is 0 Å². The third-order valence-corrected chi connectivity index (χ3v) is 4.10. The van der Waals surface area contributed by atoms with Crippen molar-refractivity contribution >= 4 is 11.3 Å². The summed E-state index contributed by atoms with van der Waals surface area (Å²) in [6.07, 6.45) is 5.28. The molecule has 2 aromatic heterocycles. The van der Waals surface area contributed by atoms with Gasteiger partial charge in [0.15, 0.2) is 0 Å². The monoisotopic (exact) mass is 233 g/mol. The number of rotatable bonds is 2. The molecular weight excluding hydrogens is 218 g/mol. The first kappa shape index (κ1) is 10.1. The second kappa shape index (κ2) is 4.03. The second-order valence-corrected chi connectivity index (χ2v) is 5.07. The Kier molecular flexibility index (Phi) is 2.53. The first-order valence-electron chi connectivity index (χ1n) is 5.70. The summed E-state index contributed by atoms with van der Waals surface area (Å²) in [6.45, 7) is 4.11. The van der Waals surface area contributed by atoms with E-state index in [2.05, 4.69) is 35.0 Å². The molecule has 1 aliphatic rings. The number of aryl methyl sites for hydroxylation is 1. The van der Waals surface area contributed by atoms with E-state index >= 15 is 0 Å². The van der Waals surface area contributed by atoms with E-state index < -0.39 is 0 Å². The largest absolute Gasteiger partial charge is 0.306 e. The minimum Gasteiger partial charge on any atom is -0.306 e. The van der Waals surface area contributed by atoms with Crippen molar-refractivity contribution in [3.8, 4) is 0 Å². The summed E-state index contributed by atoms with van der Waals surface area (Å²) in [5, 5.41) is 10.1. The molecular formula is C12H15N3S. The molecule has 84 valence electrons. The lowest BCUT2D eigenvalue weighted by molar-refractivity contribution is 0.573. The highest BCUT2D eigenvalue weighted by atomic mass is 32.1. The third-order valence-electron chi connectivity index (χ3n) is 3.10. The van der Waals surface area contributed by atoms with Gasteiger partial charge in [-0.1, -0.05) is 0 Å². The Labute approximate surface area is 99.1 Å². The Bertz CT molecular complexity index is 486. The fourth-order valence-corrected chi connectivity index (χ4v) is 3.17. The molecule has 0 aliphatic carbocycles. The van der Waals surface area contributed by atoms with Crippen LogP contribution < -0.4 is 5.32 Å². The number of thiophene rings is 1. The van der Waals surface area contributed by atoms with Crippen LogP contribution in [0, 0.1) is 0 Å². The molecule has 0 aromatic carbocycles. The van der Waals surface area contributed by atoms with Gasteiger partial charge >= 0.3 is 0 Å². The molecule has 1 N–H and O–H groups in total. The van der Waals surface area contributed by atoms with Crippen LogP contribution in [0.3, 0.4) is 0 Å². The van der Waals surface area contributed by atoms with Crippen LogP contribution in [0.5, 0.6) is 0 Å². The summed E-state index contributed by atoms with van der Waals surface area (Å²) in [6, 6.07) is 2.58. The van der Waals surface area contributed by atoms with Gasteiger partial charge in [-0.15, -0.1) is 11.3 Å². The Hall–Kier alpha value is -1.13. The maximum atomic E-state index is 4.35. The summed E-state index contributed by atoms with van der Waals surface area (Å²) in [5.41, 5.74) is 2.72. The fraction of sp³-hybridized carbons (Fsp3) is 0.417. The standard InChI is InChI=1S/C12H15N3S/c1-2-15-8-9(7-14-15)12-10-4-6-16-11(10)3-5-13-12/h4,6-8,12-13H,2-3,5H2,1H3. The average molecular weight is 233 g/mol. The Balaban J connectivity index is 1.97. The zero-order valence-corrected chi connectivity index (χ0v) is 10.1. The van der Waals surface area contributed by atoms with E-state index in [1.807, 2.05) is 22.2 Å². The molecule has 0 radical (unpaired) electrons. The van der Waals surface area contributed by atoms with E-state index in [1.54, 1.807) is 0 Å². The van der Waals surface area contributed by atoms with Crippen molar-refractivity contribution in [2.75, 3.05) is 6.54 Å². The van der Waals surface area contributed by atoms with Gasteiger partial charge in [0.05, 0.1) is 12.2 Å². The molecule has 16 heavy (non-hydrogen) atoms. The summed E-state index contributed by atoms with van der Waals surface area (Å²) in [5.74, 6) is 0. The maximum Gasteiger partial charge on any atom is 0.0618 e. The number of fused-ring (bicyclic) bond motifs is 1. The van der Waals surface area contributed by atoms with Crippen LogP contribution in [0.4, 0.5) is 0 Å². The number of nitrogens with zero attached hydrogens (tertiary/aromatic N) is 2. The summed E-state index contributed by atoms with van der Waals surface area (Å²) >= 11 is 1.87. The Morgan fingerprint density at radius 3 is 3.38 bits per heavy atom. The number of nitrogens with one attached hydrogen (secondary N) is 1. The Morgan fingerprint density at radius 1 is 1.62 bits per heavy atom. The lowest BCUT2D eigenvalue weighted by Gasteiger charge is -2.23. The van der Waals surface area contributed by atoms with Crippen molar-refractivity contribution in [1.29, 1.82) is 0 Å². The fourth-order valence-electron chi connectivity index (χ4n) is 2.25. The lowest BCUT2D eigenvalue weighted by Crippen LogP contribution is -2.29. The Morgan fingerprint density at radius 2 is 2.56 bits per heavy atom. The van der Waals surface area contributed by atoms with Crippen LogP contribution in [0.25, 0.3) is 0 Å². The quantitative estimate of drug-likeness (QED) is 0.862. The normalized spacial score (nSPS) is 19.7. The van der Waals surface area contributed by atoms with Crippen molar-refractivity contribution in [1.82, 2.24) is 15.1 Å². The van der Waals surface area contributed by atoms with Crippen molar-refractivity contribution in [3.05, 3.63) is 39.8 Å². The molecule has 0 amide bonds. The summed E-state index contributed by atoms with van der Waals surface area (Å²) < 4.78 is 1.98. The minimum atomic E-state index is 0.343. The van der Waals surface area contributed by atoms with E-state index in [-0.39, 0.29) is 0 Å². The molecule has 0 spiro atoms. The molecule has 0 bridgehead atoms. The van der Waals surface area contributed by atoms with Gasteiger partial charge in [-0.05, 0) is 30.4 Å².